The molecule has 1 saturated heterocycles. The molecule has 0 saturated carbocycles. The van der Waals surface area contributed by atoms with E-state index in [-0.39, 0.29) is 5.97 Å². The highest BCUT2D eigenvalue weighted by Crippen LogP contribution is 2.14. The monoisotopic (exact) mass is 356 g/mol. The molecule has 0 spiro atoms. The number of hydrogen-bond donors (Lipinski definition) is 2. The van der Waals surface area contributed by atoms with Gasteiger partial charge in [-0.05, 0) is 26.2 Å². The summed E-state index contributed by atoms with van der Waals surface area (Å²) in [6.45, 7) is 21.7. The maximum Gasteiger partial charge on any atom is 0.320 e. The third-order valence-electron chi connectivity index (χ3n) is 3.89. The molecule has 25 heavy (non-hydrogen) atoms. The van der Waals surface area contributed by atoms with E-state index in [0.29, 0.717) is 12.0 Å². The quantitative estimate of drug-likeness (QED) is 0.741. The molecule has 0 radical (unpaired) electrons. The van der Waals surface area contributed by atoms with Gasteiger partial charge in [0.15, 0.2) is 0 Å². The van der Waals surface area contributed by atoms with Crippen molar-refractivity contribution in [2.24, 2.45) is 5.41 Å². The predicted octanol–water partition coefficient (Wildman–Crippen LogP) is 1.17. The Hall–Kier alpha value is -0.690. The van der Waals surface area contributed by atoms with Crippen LogP contribution in [0, 0.1) is 5.41 Å². The number of carbonyl (C=O) groups is 1. The van der Waals surface area contributed by atoms with Gasteiger partial charge in [-0.2, -0.15) is 0 Å². The van der Waals surface area contributed by atoms with Gasteiger partial charge in [0.25, 0.3) is 0 Å². The number of nitrogens with zero attached hydrogens (tertiary/aromatic N) is 2. The lowest BCUT2D eigenvalue weighted by Crippen LogP contribution is -2.46. The van der Waals surface area contributed by atoms with Crippen LogP contribution < -0.4 is 10.6 Å². The average Bonchev–Trinajstić information content (AvgIpc) is 2.40. The zero-order valence-corrected chi connectivity index (χ0v) is 17.3. The fourth-order valence-corrected chi connectivity index (χ4v) is 2.97. The van der Waals surface area contributed by atoms with Crippen molar-refractivity contribution in [1.82, 2.24) is 20.4 Å². The second-order valence-corrected chi connectivity index (χ2v) is 9.20. The van der Waals surface area contributed by atoms with Gasteiger partial charge in [0.2, 0.25) is 0 Å². The molecule has 2 N–H and O–H groups in total. The van der Waals surface area contributed by atoms with E-state index in [1.807, 2.05) is 20.8 Å². The Morgan fingerprint density at radius 1 is 0.840 bits per heavy atom. The van der Waals surface area contributed by atoms with Crippen LogP contribution in [0.25, 0.3) is 0 Å². The summed E-state index contributed by atoms with van der Waals surface area (Å²) in [6, 6.07) is 0. The largest absolute Gasteiger partial charge is 0.459 e. The van der Waals surface area contributed by atoms with Crippen LogP contribution in [0.4, 0.5) is 0 Å². The minimum absolute atomic E-state index is 0.143. The van der Waals surface area contributed by atoms with Crippen LogP contribution in [0.2, 0.25) is 0 Å². The molecule has 1 heterocycles. The molecule has 0 atom stereocenters. The lowest BCUT2D eigenvalue weighted by Gasteiger charge is -2.31. The number of rotatable bonds is 3. The Kier molecular flexibility index (Phi) is 9.35. The first-order valence-electron chi connectivity index (χ1n) is 9.63. The number of carbonyl (C=O) groups excluding carboxylic acids is 1. The van der Waals surface area contributed by atoms with E-state index in [4.69, 9.17) is 4.74 Å². The van der Waals surface area contributed by atoms with Crippen LogP contribution in [0.15, 0.2) is 0 Å². The van der Waals surface area contributed by atoms with E-state index >= 15 is 0 Å². The lowest BCUT2D eigenvalue weighted by molar-refractivity contribution is -0.156. The molecule has 0 aliphatic carbocycles. The number of hydrogen-bond acceptors (Lipinski definition) is 6. The van der Waals surface area contributed by atoms with Crippen molar-refractivity contribution in [3.8, 4) is 0 Å². The van der Waals surface area contributed by atoms with Crippen LogP contribution in [0.3, 0.4) is 0 Å². The molecule has 148 valence electrons. The molecule has 1 rings (SSSR count). The molecule has 6 heteroatoms. The van der Waals surface area contributed by atoms with Crippen LogP contribution >= 0.6 is 0 Å². The first-order chi connectivity index (χ1) is 11.6. The van der Waals surface area contributed by atoms with E-state index in [0.717, 1.165) is 58.9 Å². The second-order valence-electron chi connectivity index (χ2n) is 9.20. The van der Waals surface area contributed by atoms with Gasteiger partial charge >= 0.3 is 5.97 Å². The van der Waals surface area contributed by atoms with Crippen molar-refractivity contribution >= 4 is 5.97 Å². The van der Waals surface area contributed by atoms with E-state index in [2.05, 4.69) is 41.2 Å². The third kappa shape index (κ3) is 12.3. The minimum Gasteiger partial charge on any atom is -0.459 e. The van der Waals surface area contributed by atoms with Crippen LogP contribution in [0.1, 0.15) is 41.5 Å². The molecule has 0 amide bonds. The Labute approximate surface area is 154 Å². The normalized spacial score (nSPS) is 20.6. The summed E-state index contributed by atoms with van der Waals surface area (Å²) in [6.07, 6.45) is 0. The fourth-order valence-electron chi connectivity index (χ4n) is 2.97. The maximum atomic E-state index is 12.1. The van der Waals surface area contributed by atoms with E-state index in [1.165, 1.54) is 0 Å². The van der Waals surface area contributed by atoms with E-state index in [1.54, 1.807) is 0 Å². The van der Waals surface area contributed by atoms with Gasteiger partial charge in [-0.3, -0.25) is 9.69 Å². The van der Waals surface area contributed by atoms with Crippen molar-refractivity contribution < 1.29 is 9.53 Å². The molecular formula is C19H40N4O2. The zero-order chi connectivity index (χ0) is 18.9. The molecule has 6 nitrogen and oxygen atoms in total. The summed E-state index contributed by atoms with van der Waals surface area (Å²) < 4.78 is 5.45. The van der Waals surface area contributed by atoms with E-state index in [9.17, 15) is 4.79 Å². The number of nitrogens with one attached hydrogen (secondary N) is 2. The maximum absolute atomic E-state index is 12.1. The first kappa shape index (κ1) is 22.4. The van der Waals surface area contributed by atoms with Gasteiger partial charge in [0.05, 0.1) is 6.54 Å². The Balaban J connectivity index is 2.43. The van der Waals surface area contributed by atoms with Gasteiger partial charge in [-0.15, -0.1) is 0 Å². The molecule has 1 fully saturated rings. The second kappa shape index (κ2) is 10.5. The SMILES string of the molecule is CC(C)(C)CN1CCNCCN(CC(=O)OC(C)(C)C)CCNCC1. The Morgan fingerprint density at radius 2 is 1.28 bits per heavy atom. The highest BCUT2D eigenvalue weighted by atomic mass is 16.6. The smallest absolute Gasteiger partial charge is 0.320 e. The van der Waals surface area contributed by atoms with Crippen molar-refractivity contribution in [3.05, 3.63) is 0 Å². The van der Waals surface area contributed by atoms with Crippen molar-refractivity contribution in [2.45, 2.75) is 47.1 Å². The van der Waals surface area contributed by atoms with Crippen molar-refractivity contribution in [3.63, 3.8) is 0 Å². The van der Waals surface area contributed by atoms with Crippen molar-refractivity contribution in [1.29, 1.82) is 0 Å². The molecule has 0 aromatic heterocycles. The number of ether oxygens (including phenoxy) is 1. The molecular weight excluding hydrogens is 316 g/mol. The molecule has 0 unspecified atom stereocenters. The third-order valence-corrected chi connectivity index (χ3v) is 3.89. The minimum atomic E-state index is -0.420. The molecule has 1 aliphatic rings. The fraction of sp³-hybridized carbons (Fsp3) is 0.947. The molecule has 0 bridgehead atoms. The Bertz CT molecular complexity index is 374. The Morgan fingerprint density at radius 3 is 1.68 bits per heavy atom. The lowest BCUT2D eigenvalue weighted by atomic mass is 9.96. The van der Waals surface area contributed by atoms with Crippen LogP contribution in [-0.4, -0.2) is 86.8 Å². The van der Waals surface area contributed by atoms with Gasteiger partial charge in [-0.25, -0.2) is 0 Å². The van der Waals surface area contributed by atoms with Crippen LogP contribution in [0.5, 0.6) is 0 Å². The highest BCUT2D eigenvalue weighted by molar-refractivity contribution is 5.72. The topological polar surface area (TPSA) is 56.8 Å². The summed E-state index contributed by atoms with van der Waals surface area (Å²) in [4.78, 5) is 16.8. The van der Waals surface area contributed by atoms with Gasteiger partial charge in [0.1, 0.15) is 5.60 Å². The summed E-state index contributed by atoms with van der Waals surface area (Å²) in [5.74, 6) is -0.143. The van der Waals surface area contributed by atoms with Gasteiger partial charge < -0.3 is 20.3 Å². The standard InChI is InChI=1S/C19H40N4O2/c1-18(2,3)16-23-13-9-20-7-11-22(12-8-21-10-14-23)15-17(24)25-19(4,5)6/h20-21H,7-16H2,1-6H3. The predicted molar refractivity (Wildman–Crippen MR) is 104 cm³/mol. The van der Waals surface area contributed by atoms with E-state index < -0.39 is 5.60 Å². The van der Waals surface area contributed by atoms with Gasteiger partial charge in [-0.1, -0.05) is 20.8 Å². The summed E-state index contributed by atoms with van der Waals surface area (Å²) in [5.41, 5.74) is -0.0993. The average molecular weight is 357 g/mol. The zero-order valence-electron chi connectivity index (χ0n) is 17.3. The summed E-state index contributed by atoms with van der Waals surface area (Å²) in [7, 11) is 0. The van der Waals surface area contributed by atoms with Crippen LogP contribution in [-0.2, 0) is 9.53 Å². The van der Waals surface area contributed by atoms with Gasteiger partial charge in [0, 0.05) is 58.9 Å². The van der Waals surface area contributed by atoms with Crippen molar-refractivity contribution in [2.75, 3.05) is 65.4 Å². The highest BCUT2D eigenvalue weighted by Gasteiger charge is 2.19. The summed E-state index contributed by atoms with van der Waals surface area (Å²) in [5, 5.41) is 7.03. The molecule has 0 aromatic rings. The first-order valence-corrected chi connectivity index (χ1v) is 9.63. The molecule has 0 aromatic carbocycles. The molecule has 1 aliphatic heterocycles. The number of esters is 1. The summed E-state index contributed by atoms with van der Waals surface area (Å²) >= 11 is 0.